The second kappa shape index (κ2) is 8.60. The van der Waals surface area contributed by atoms with Crippen LogP contribution in [0.15, 0.2) is 46.6 Å². The molecule has 0 aliphatic rings. The van der Waals surface area contributed by atoms with Gasteiger partial charge in [0.2, 0.25) is 5.88 Å². The molecule has 0 aliphatic heterocycles. The van der Waals surface area contributed by atoms with Crippen molar-refractivity contribution in [1.82, 2.24) is 10.3 Å². The first kappa shape index (κ1) is 20.1. The Balaban J connectivity index is 1.63. The van der Waals surface area contributed by atoms with Crippen LogP contribution in [0.1, 0.15) is 16.8 Å². The predicted molar refractivity (Wildman–Crippen MR) is 108 cm³/mol. The first-order chi connectivity index (χ1) is 13.4. The molecule has 144 valence electrons. The molecule has 2 amide bonds. The van der Waals surface area contributed by atoms with E-state index in [-0.39, 0.29) is 24.5 Å². The molecular formula is C18H13Cl3N4O3. The molecule has 0 spiro atoms. The normalized spacial score (nSPS) is 11.2. The third kappa shape index (κ3) is 4.44. The summed E-state index contributed by atoms with van der Waals surface area (Å²) in [6.07, 6.45) is -0.0790. The number of carbonyl (C=O) groups is 2. The van der Waals surface area contributed by atoms with Gasteiger partial charge in [-0.3, -0.25) is 9.59 Å². The topological polar surface area (TPSA) is 107 Å². The maximum Gasteiger partial charge on any atom is 0.266 e. The summed E-state index contributed by atoms with van der Waals surface area (Å²) in [5, 5.41) is 21.3. The molecule has 0 aliphatic carbocycles. The van der Waals surface area contributed by atoms with E-state index in [1.165, 1.54) is 6.07 Å². The van der Waals surface area contributed by atoms with Gasteiger partial charge in [0, 0.05) is 23.4 Å². The third-order valence-electron chi connectivity index (χ3n) is 3.78. The Bertz CT molecular complexity index is 1100. The SMILES string of the molecule is O=C(CCNC(=O)c1ccccc1Cl)N=Nc1c(O)[nH]c2c(Cl)cc(Cl)cc12. The predicted octanol–water partition coefficient (Wildman–Crippen LogP) is 5.26. The number of H-pyrrole nitrogens is 1. The summed E-state index contributed by atoms with van der Waals surface area (Å²) in [5.41, 5.74) is 0.792. The Morgan fingerprint density at radius 2 is 1.86 bits per heavy atom. The van der Waals surface area contributed by atoms with E-state index < -0.39 is 11.8 Å². The summed E-state index contributed by atoms with van der Waals surface area (Å²) in [7, 11) is 0. The lowest BCUT2D eigenvalue weighted by Crippen LogP contribution is -2.25. The van der Waals surface area contributed by atoms with Gasteiger partial charge in [-0.15, -0.1) is 10.2 Å². The molecule has 1 aromatic heterocycles. The fraction of sp³-hybridized carbons (Fsp3) is 0.111. The maximum absolute atomic E-state index is 12.0. The molecule has 0 fully saturated rings. The highest BCUT2D eigenvalue weighted by molar-refractivity contribution is 6.39. The second-order valence-electron chi connectivity index (χ2n) is 5.71. The van der Waals surface area contributed by atoms with Crippen molar-refractivity contribution in [3.8, 4) is 5.88 Å². The number of fused-ring (bicyclic) bond motifs is 1. The first-order valence-electron chi connectivity index (χ1n) is 8.04. The molecule has 10 heteroatoms. The van der Waals surface area contributed by atoms with E-state index in [1.807, 2.05) is 0 Å². The number of carbonyl (C=O) groups excluding carboxylic acids is 2. The number of aromatic hydroxyl groups is 1. The minimum absolute atomic E-state index is 0.0489. The number of hydrogen-bond acceptors (Lipinski definition) is 4. The third-order valence-corrected chi connectivity index (χ3v) is 4.63. The molecule has 0 bridgehead atoms. The van der Waals surface area contributed by atoms with Gasteiger partial charge in [-0.2, -0.15) is 0 Å². The van der Waals surface area contributed by atoms with Crippen LogP contribution in [0.2, 0.25) is 15.1 Å². The van der Waals surface area contributed by atoms with E-state index in [0.29, 0.717) is 31.5 Å². The van der Waals surface area contributed by atoms with E-state index >= 15 is 0 Å². The number of amides is 2. The zero-order valence-electron chi connectivity index (χ0n) is 14.2. The summed E-state index contributed by atoms with van der Waals surface area (Å²) >= 11 is 18.0. The molecule has 28 heavy (non-hydrogen) atoms. The van der Waals surface area contributed by atoms with Gasteiger partial charge in [-0.05, 0) is 24.3 Å². The Hall–Kier alpha value is -2.61. The van der Waals surface area contributed by atoms with Crippen LogP contribution in [0, 0.1) is 0 Å². The van der Waals surface area contributed by atoms with Crippen molar-refractivity contribution >= 4 is 63.2 Å². The van der Waals surface area contributed by atoms with Crippen molar-refractivity contribution in [3.63, 3.8) is 0 Å². The number of halogens is 3. The van der Waals surface area contributed by atoms with Gasteiger partial charge in [0.05, 0.1) is 21.1 Å². The molecule has 0 saturated heterocycles. The Morgan fingerprint density at radius 3 is 2.61 bits per heavy atom. The van der Waals surface area contributed by atoms with Crippen molar-refractivity contribution < 1.29 is 14.7 Å². The number of aromatic nitrogens is 1. The molecule has 7 nitrogen and oxygen atoms in total. The lowest BCUT2D eigenvalue weighted by molar-refractivity contribution is -0.118. The van der Waals surface area contributed by atoms with Crippen LogP contribution >= 0.6 is 34.8 Å². The number of hydrogen-bond donors (Lipinski definition) is 3. The maximum atomic E-state index is 12.0. The van der Waals surface area contributed by atoms with E-state index in [9.17, 15) is 14.7 Å². The van der Waals surface area contributed by atoms with E-state index in [4.69, 9.17) is 34.8 Å². The molecule has 3 N–H and O–H groups in total. The highest BCUT2D eigenvalue weighted by atomic mass is 35.5. The number of nitrogens with one attached hydrogen (secondary N) is 2. The molecule has 0 saturated carbocycles. The van der Waals surface area contributed by atoms with Crippen molar-refractivity contribution in [2.24, 2.45) is 10.2 Å². The summed E-state index contributed by atoms with van der Waals surface area (Å²) in [6.45, 7) is 0.0550. The van der Waals surface area contributed by atoms with Gasteiger partial charge in [0.1, 0.15) is 0 Å². The number of rotatable bonds is 5. The van der Waals surface area contributed by atoms with Crippen LogP contribution in [0.5, 0.6) is 5.88 Å². The van der Waals surface area contributed by atoms with Crippen molar-refractivity contribution in [1.29, 1.82) is 0 Å². The minimum atomic E-state index is -0.582. The van der Waals surface area contributed by atoms with Gasteiger partial charge in [-0.25, -0.2) is 0 Å². The lowest BCUT2D eigenvalue weighted by Gasteiger charge is -2.04. The zero-order valence-corrected chi connectivity index (χ0v) is 16.4. The van der Waals surface area contributed by atoms with Gasteiger partial charge >= 0.3 is 0 Å². The molecule has 3 aromatic rings. The van der Waals surface area contributed by atoms with Crippen LogP contribution in [0.3, 0.4) is 0 Å². The average molecular weight is 440 g/mol. The van der Waals surface area contributed by atoms with E-state index in [2.05, 4.69) is 20.5 Å². The molecule has 0 radical (unpaired) electrons. The zero-order chi connectivity index (χ0) is 20.3. The Morgan fingerprint density at radius 1 is 1.11 bits per heavy atom. The Kier molecular flexibility index (Phi) is 6.18. The fourth-order valence-electron chi connectivity index (χ4n) is 2.47. The average Bonchev–Trinajstić information content (AvgIpc) is 2.96. The van der Waals surface area contributed by atoms with Crippen LogP contribution in [-0.4, -0.2) is 28.4 Å². The van der Waals surface area contributed by atoms with Crippen molar-refractivity contribution in [2.75, 3.05) is 6.54 Å². The van der Waals surface area contributed by atoms with Crippen LogP contribution in [0.4, 0.5) is 5.69 Å². The summed E-state index contributed by atoms with van der Waals surface area (Å²) < 4.78 is 0. The van der Waals surface area contributed by atoms with Crippen molar-refractivity contribution in [2.45, 2.75) is 6.42 Å². The Labute approximate surface area is 174 Å². The van der Waals surface area contributed by atoms with Gasteiger partial charge < -0.3 is 15.4 Å². The van der Waals surface area contributed by atoms with E-state index in [1.54, 1.807) is 30.3 Å². The summed E-state index contributed by atoms with van der Waals surface area (Å²) in [5.74, 6) is -1.27. The van der Waals surface area contributed by atoms with Crippen LogP contribution in [0.25, 0.3) is 10.9 Å². The van der Waals surface area contributed by atoms with Crippen molar-refractivity contribution in [3.05, 3.63) is 57.0 Å². The van der Waals surface area contributed by atoms with Crippen LogP contribution < -0.4 is 5.32 Å². The smallest absolute Gasteiger partial charge is 0.266 e. The highest BCUT2D eigenvalue weighted by Gasteiger charge is 2.15. The highest BCUT2D eigenvalue weighted by Crippen LogP contribution is 2.40. The molecule has 1 heterocycles. The lowest BCUT2D eigenvalue weighted by atomic mass is 10.2. The standard InChI is InChI=1S/C18H13Cl3N4O3/c19-9-7-11-15(13(21)8-9)23-18(28)16(11)25-24-14(26)5-6-22-17(27)10-3-1-2-4-12(10)20/h1-4,7-8,23,28H,5-6H2,(H,22,27). The first-order valence-corrected chi connectivity index (χ1v) is 9.17. The quantitative estimate of drug-likeness (QED) is 0.472. The molecule has 0 atom stereocenters. The second-order valence-corrected chi connectivity index (χ2v) is 6.96. The number of aromatic amines is 1. The largest absolute Gasteiger partial charge is 0.493 e. The number of benzene rings is 2. The molecule has 3 rings (SSSR count). The molecule has 0 unspecified atom stereocenters. The fourth-order valence-corrected chi connectivity index (χ4v) is 3.24. The molecular weight excluding hydrogens is 427 g/mol. The van der Waals surface area contributed by atoms with Gasteiger partial charge in [0.15, 0.2) is 5.69 Å². The van der Waals surface area contributed by atoms with Gasteiger partial charge in [0.25, 0.3) is 11.8 Å². The van der Waals surface area contributed by atoms with Crippen LogP contribution in [-0.2, 0) is 4.79 Å². The molecule has 2 aromatic carbocycles. The number of nitrogens with zero attached hydrogens (tertiary/aromatic N) is 2. The monoisotopic (exact) mass is 438 g/mol. The summed E-state index contributed by atoms with van der Waals surface area (Å²) in [4.78, 5) is 26.6. The summed E-state index contributed by atoms with van der Waals surface area (Å²) in [6, 6.07) is 9.63. The van der Waals surface area contributed by atoms with Gasteiger partial charge in [-0.1, -0.05) is 46.9 Å². The minimum Gasteiger partial charge on any atom is -0.493 e. The number of azo groups is 1. The van der Waals surface area contributed by atoms with E-state index in [0.717, 1.165) is 0 Å².